The number of nitrogens with zero attached hydrogens (tertiary/aromatic N) is 2. The number of hydrogen-bond donors (Lipinski definition) is 2. The molecule has 1 aromatic rings. The number of morpholine rings is 1. The standard InChI is InChI=1S/C18H25N3O5/c1-3-16(22)19-14-6-4-5-13(9-14)18(25)21-7-8-26-15(11-21)10-20(2)12-17(23)24/h4-6,9,15H,3,7-8,10-12H2,1-2H3,(H,19,22)(H,23,24). The lowest BCUT2D eigenvalue weighted by Gasteiger charge is -2.34. The summed E-state index contributed by atoms with van der Waals surface area (Å²) in [5.41, 5.74) is 1.09. The molecule has 1 fully saturated rings. The number of carboxylic acid groups (broad SMARTS) is 1. The van der Waals surface area contributed by atoms with Gasteiger partial charge in [-0.25, -0.2) is 0 Å². The molecule has 1 unspecified atom stereocenters. The highest BCUT2D eigenvalue weighted by Gasteiger charge is 2.26. The molecule has 1 saturated heterocycles. The number of ether oxygens (including phenoxy) is 1. The first-order valence-corrected chi connectivity index (χ1v) is 8.60. The van der Waals surface area contributed by atoms with E-state index in [0.717, 1.165) is 0 Å². The molecule has 1 aromatic carbocycles. The first kappa shape index (κ1) is 19.9. The van der Waals surface area contributed by atoms with E-state index in [1.165, 1.54) is 0 Å². The number of aliphatic carboxylic acids is 1. The molecule has 0 bridgehead atoms. The highest BCUT2D eigenvalue weighted by Crippen LogP contribution is 2.15. The van der Waals surface area contributed by atoms with Gasteiger partial charge in [0.1, 0.15) is 0 Å². The second-order valence-electron chi connectivity index (χ2n) is 6.32. The van der Waals surface area contributed by atoms with E-state index in [1.54, 1.807) is 48.0 Å². The lowest BCUT2D eigenvalue weighted by molar-refractivity contribution is -0.138. The number of benzene rings is 1. The van der Waals surface area contributed by atoms with Gasteiger partial charge in [0.2, 0.25) is 5.91 Å². The summed E-state index contributed by atoms with van der Waals surface area (Å²) < 4.78 is 5.65. The number of rotatable bonds is 7. The van der Waals surface area contributed by atoms with Crippen molar-refractivity contribution < 1.29 is 24.2 Å². The van der Waals surface area contributed by atoms with Crippen molar-refractivity contribution in [1.29, 1.82) is 0 Å². The van der Waals surface area contributed by atoms with Crippen LogP contribution in [-0.2, 0) is 14.3 Å². The van der Waals surface area contributed by atoms with Gasteiger partial charge in [0, 0.05) is 37.3 Å². The van der Waals surface area contributed by atoms with Crippen LogP contribution in [0, 0.1) is 0 Å². The van der Waals surface area contributed by atoms with Crippen LogP contribution in [0.3, 0.4) is 0 Å². The third kappa shape index (κ3) is 5.82. The van der Waals surface area contributed by atoms with Crippen LogP contribution in [0.25, 0.3) is 0 Å². The monoisotopic (exact) mass is 363 g/mol. The SMILES string of the molecule is CCC(=O)Nc1cccc(C(=O)N2CCOC(CN(C)CC(=O)O)C2)c1. The highest BCUT2D eigenvalue weighted by atomic mass is 16.5. The predicted octanol–water partition coefficient (Wildman–Crippen LogP) is 0.893. The highest BCUT2D eigenvalue weighted by molar-refractivity contribution is 5.97. The van der Waals surface area contributed by atoms with Gasteiger partial charge in [-0.1, -0.05) is 13.0 Å². The number of hydrogen-bond acceptors (Lipinski definition) is 5. The number of nitrogens with one attached hydrogen (secondary N) is 1. The van der Waals surface area contributed by atoms with Crippen LogP contribution in [0.15, 0.2) is 24.3 Å². The number of likely N-dealkylation sites (N-methyl/N-ethyl adjacent to an activating group) is 1. The summed E-state index contributed by atoms with van der Waals surface area (Å²) in [6.07, 6.45) is 0.132. The molecule has 142 valence electrons. The second kappa shape index (κ2) is 9.30. The van der Waals surface area contributed by atoms with Gasteiger partial charge in [-0.15, -0.1) is 0 Å². The summed E-state index contributed by atoms with van der Waals surface area (Å²) in [6, 6.07) is 6.85. The maximum Gasteiger partial charge on any atom is 0.317 e. The van der Waals surface area contributed by atoms with Gasteiger partial charge in [0.05, 0.1) is 19.3 Å². The maximum absolute atomic E-state index is 12.8. The van der Waals surface area contributed by atoms with Crippen molar-refractivity contribution in [2.45, 2.75) is 19.4 Å². The van der Waals surface area contributed by atoms with Gasteiger partial charge in [0.15, 0.2) is 0 Å². The predicted molar refractivity (Wildman–Crippen MR) is 96.1 cm³/mol. The third-order valence-electron chi connectivity index (χ3n) is 4.06. The average Bonchev–Trinajstić information content (AvgIpc) is 2.60. The van der Waals surface area contributed by atoms with E-state index < -0.39 is 5.97 Å². The first-order valence-electron chi connectivity index (χ1n) is 8.60. The molecule has 2 amide bonds. The summed E-state index contributed by atoms with van der Waals surface area (Å²) in [7, 11) is 1.71. The van der Waals surface area contributed by atoms with Crippen LogP contribution in [0.2, 0.25) is 0 Å². The minimum absolute atomic E-state index is 0.0764. The second-order valence-corrected chi connectivity index (χ2v) is 6.32. The van der Waals surface area contributed by atoms with Crippen molar-refractivity contribution in [3.63, 3.8) is 0 Å². The average molecular weight is 363 g/mol. The molecular weight excluding hydrogens is 338 g/mol. The summed E-state index contributed by atoms with van der Waals surface area (Å²) in [6.45, 7) is 3.40. The molecule has 0 radical (unpaired) electrons. The molecule has 2 N–H and O–H groups in total. The Hall–Kier alpha value is -2.45. The lowest BCUT2D eigenvalue weighted by Crippen LogP contribution is -2.49. The third-order valence-corrected chi connectivity index (χ3v) is 4.06. The Labute approximate surface area is 152 Å². The van der Waals surface area contributed by atoms with E-state index in [0.29, 0.717) is 43.9 Å². The van der Waals surface area contributed by atoms with Crippen molar-refractivity contribution in [3.8, 4) is 0 Å². The number of amides is 2. The van der Waals surface area contributed by atoms with Gasteiger partial charge < -0.3 is 20.1 Å². The zero-order chi connectivity index (χ0) is 19.1. The molecule has 0 aliphatic carbocycles. The van der Waals surface area contributed by atoms with Crippen molar-refractivity contribution >= 4 is 23.5 Å². The smallest absolute Gasteiger partial charge is 0.317 e. The minimum Gasteiger partial charge on any atom is -0.480 e. The molecule has 0 aromatic heterocycles. The van der Waals surface area contributed by atoms with Gasteiger partial charge in [-0.05, 0) is 25.2 Å². The Kier molecular flexibility index (Phi) is 7.11. The van der Waals surface area contributed by atoms with Crippen molar-refractivity contribution in [2.24, 2.45) is 0 Å². The summed E-state index contributed by atoms with van der Waals surface area (Å²) in [4.78, 5) is 38.4. The Morgan fingerprint density at radius 1 is 1.38 bits per heavy atom. The van der Waals surface area contributed by atoms with E-state index >= 15 is 0 Å². The summed E-state index contributed by atoms with van der Waals surface area (Å²) >= 11 is 0. The zero-order valence-corrected chi connectivity index (χ0v) is 15.1. The van der Waals surface area contributed by atoms with Gasteiger partial charge in [0.25, 0.3) is 5.91 Å². The van der Waals surface area contributed by atoms with Crippen LogP contribution in [-0.4, -0.2) is 78.6 Å². The number of carbonyl (C=O) groups excluding carboxylic acids is 2. The van der Waals surface area contributed by atoms with Gasteiger partial charge in [-0.2, -0.15) is 0 Å². The molecule has 1 aliphatic rings. The summed E-state index contributed by atoms with van der Waals surface area (Å²) in [5.74, 6) is -1.14. The largest absolute Gasteiger partial charge is 0.480 e. The van der Waals surface area contributed by atoms with Crippen molar-refractivity contribution in [2.75, 3.05) is 45.2 Å². The topological polar surface area (TPSA) is 99.2 Å². The quantitative estimate of drug-likeness (QED) is 0.747. The van der Waals surface area contributed by atoms with Crippen molar-refractivity contribution in [3.05, 3.63) is 29.8 Å². The fraction of sp³-hybridized carbons (Fsp3) is 0.500. The Bertz CT molecular complexity index is 664. The van der Waals surface area contributed by atoms with Crippen LogP contribution in [0.4, 0.5) is 5.69 Å². The number of carboxylic acids is 1. The van der Waals surface area contributed by atoms with Gasteiger partial charge >= 0.3 is 5.97 Å². The van der Waals surface area contributed by atoms with Crippen molar-refractivity contribution in [1.82, 2.24) is 9.80 Å². The van der Waals surface area contributed by atoms with E-state index in [9.17, 15) is 14.4 Å². The molecule has 1 atom stereocenters. The molecular formula is C18H25N3O5. The minimum atomic E-state index is -0.901. The molecule has 8 heteroatoms. The Morgan fingerprint density at radius 2 is 2.15 bits per heavy atom. The molecule has 26 heavy (non-hydrogen) atoms. The molecule has 1 heterocycles. The van der Waals surface area contributed by atoms with Crippen LogP contribution >= 0.6 is 0 Å². The molecule has 0 saturated carbocycles. The normalized spacial score (nSPS) is 17.2. The Morgan fingerprint density at radius 3 is 2.85 bits per heavy atom. The molecule has 1 aliphatic heterocycles. The maximum atomic E-state index is 12.8. The van der Waals surface area contributed by atoms with E-state index in [2.05, 4.69) is 5.32 Å². The first-order chi connectivity index (χ1) is 12.4. The van der Waals surface area contributed by atoms with Crippen LogP contribution in [0.5, 0.6) is 0 Å². The van der Waals surface area contributed by atoms with E-state index in [1.807, 2.05) is 0 Å². The van der Waals surface area contributed by atoms with E-state index in [-0.39, 0.29) is 24.5 Å². The van der Waals surface area contributed by atoms with Gasteiger partial charge in [-0.3, -0.25) is 19.3 Å². The van der Waals surface area contributed by atoms with Crippen LogP contribution in [0.1, 0.15) is 23.7 Å². The number of anilines is 1. The van der Waals surface area contributed by atoms with Crippen LogP contribution < -0.4 is 5.32 Å². The molecule has 0 spiro atoms. The Balaban J connectivity index is 1.99. The summed E-state index contributed by atoms with van der Waals surface area (Å²) in [5, 5.41) is 11.6. The van der Waals surface area contributed by atoms with E-state index in [4.69, 9.17) is 9.84 Å². The number of carbonyl (C=O) groups is 3. The fourth-order valence-corrected chi connectivity index (χ4v) is 2.82. The zero-order valence-electron chi connectivity index (χ0n) is 15.1. The lowest BCUT2D eigenvalue weighted by atomic mass is 10.1. The molecule has 8 nitrogen and oxygen atoms in total. The molecule has 2 rings (SSSR count). The fourth-order valence-electron chi connectivity index (χ4n) is 2.82.